The van der Waals surface area contributed by atoms with Crippen LogP contribution in [0.1, 0.15) is 54.4 Å². The van der Waals surface area contributed by atoms with Crippen molar-refractivity contribution < 1.29 is 14.3 Å². The number of nitrogens with zero attached hydrogens (tertiary/aromatic N) is 1. The normalized spacial score (nSPS) is 19.5. The van der Waals surface area contributed by atoms with Crippen LogP contribution in [0, 0.1) is 0 Å². The van der Waals surface area contributed by atoms with E-state index >= 15 is 0 Å². The topological polar surface area (TPSA) is 38.8 Å². The van der Waals surface area contributed by atoms with E-state index in [-0.39, 0.29) is 11.6 Å². The molecule has 0 atom stereocenters. The van der Waals surface area contributed by atoms with Gasteiger partial charge in [0.2, 0.25) is 0 Å². The van der Waals surface area contributed by atoms with Gasteiger partial charge in [-0.3, -0.25) is 9.69 Å². The Bertz CT molecular complexity index is 293. The lowest BCUT2D eigenvalue weighted by Gasteiger charge is -2.35. The molecule has 0 unspecified atom stereocenters. The maximum atomic E-state index is 11.7. The predicted molar refractivity (Wildman–Crippen MR) is 76.1 cm³/mol. The molecule has 1 rings (SSSR count). The molecule has 0 spiro atoms. The highest BCUT2D eigenvalue weighted by molar-refractivity contribution is 5.72. The molecule has 0 saturated carbocycles. The fourth-order valence-corrected chi connectivity index (χ4v) is 2.24. The maximum Gasteiger partial charge on any atom is 0.320 e. The van der Waals surface area contributed by atoms with E-state index in [1.54, 1.807) is 0 Å². The van der Waals surface area contributed by atoms with Crippen LogP contribution in [0.15, 0.2) is 0 Å². The Kier molecular flexibility index (Phi) is 5.39. The molecule has 1 aliphatic heterocycles. The molecule has 1 fully saturated rings. The van der Waals surface area contributed by atoms with Gasteiger partial charge in [0.05, 0.1) is 18.2 Å². The number of ether oxygens (including phenoxy) is 2. The minimum Gasteiger partial charge on any atom is -0.459 e. The highest BCUT2D eigenvalue weighted by Gasteiger charge is 2.26. The van der Waals surface area contributed by atoms with E-state index in [1.807, 2.05) is 20.8 Å². The Hall–Kier alpha value is -0.610. The van der Waals surface area contributed by atoms with Gasteiger partial charge in [-0.05, 0) is 54.4 Å². The van der Waals surface area contributed by atoms with Crippen molar-refractivity contribution in [1.82, 2.24) is 4.90 Å². The zero-order chi connectivity index (χ0) is 14.7. The van der Waals surface area contributed by atoms with Crippen LogP contribution in [0.2, 0.25) is 0 Å². The molecule has 0 amide bonds. The molecule has 19 heavy (non-hydrogen) atoms. The van der Waals surface area contributed by atoms with E-state index in [2.05, 4.69) is 25.7 Å². The molecule has 0 N–H and O–H groups in total. The largest absolute Gasteiger partial charge is 0.459 e. The first-order valence-electron chi connectivity index (χ1n) is 7.17. The lowest BCUT2D eigenvalue weighted by molar-refractivity contribution is -0.157. The first kappa shape index (κ1) is 16.4. The third kappa shape index (κ3) is 7.53. The third-order valence-electron chi connectivity index (χ3n) is 2.83. The average molecular weight is 271 g/mol. The molecule has 4 heteroatoms. The number of carbonyl (C=O) groups excluding carboxylic acids is 1. The van der Waals surface area contributed by atoms with Gasteiger partial charge < -0.3 is 9.47 Å². The number of piperidine rings is 1. The molecular formula is C15H29NO3. The van der Waals surface area contributed by atoms with Crippen LogP contribution >= 0.6 is 0 Å². The van der Waals surface area contributed by atoms with Crippen LogP contribution < -0.4 is 0 Å². The van der Waals surface area contributed by atoms with Crippen molar-refractivity contribution in [2.45, 2.75) is 71.7 Å². The molecule has 1 aliphatic rings. The standard InChI is InChI=1S/C15H29NO3/c1-14(2,3)18-12-7-9-16(10-8-12)11-13(17)19-15(4,5)6/h12H,7-11H2,1-6H3. The van der Waals surface area contributed by atoms with Crippen molar-refractivity contribution in [1.29, 1.82) is 0 Å². The second kappa shape index (κ2) is 6.23. The zero-order valence-corrected chi connectivity index (χ0v) is 13.3. The van der Waals surface area contributed by atoms with Gasteiger partial charge in [0.25, 0.3) is 0 Å². The maximum absolute atomic E-state index is 11.7. The second-order valence-corrected chi connectivity index (χ2v) is 7.29. The van der Waals surface area contributed by atoms with E-state index in [9.17, 15) is 4.79 Å². The Morgan fingerprint density at radius 2 is 1.58 bits per heavy atom. The van der Waals surface area contributed by atoms with Crippen LogP contribution in [0.25, 0.3) is 0 Å². The van der Waals surface area contributed by atoms with Crippen molar-refractivity contribution in [3.05, 3.63) is 0 Å². The van der Waals surface area contributed by atoms with Crippen LogP contribution in [0.5, 0.6) is 0 Å². The highest BCUT2D eigenvalue weighted by Crippen LogP contribution is 2.20. The molecule has 4 nitrogen and oxygen atoms in total. The molecule has 1 heterocycles. The van der Waals surface area contributed by atoms with Crippen molar-refractivity contribution in [3.63, 3.8) is 0 Å². The van der Waals surface area contributed by atoms with Crippen LogP contribution in [-0.2, 0) is 14.3 Å². The molecule has 0 aromatic rings. The summed E-state index contributed by atoms with van der Waals surface area (Å²) in [5, 5.41) is 0. The summed E-state index contributed by atoms with van der Waals surface area (Å²) in [6, 6.07) is 0. The Morgan fingerprint density at radius 1 is 1.05 bits per heavy atom. The Labute approximate surface area is 117 Å². The molecular weight excluding hydrogens is 242 g/mol. The summed E-state index contributed by atoms with van der Waals surface area (Å²) in [7, 11) is 0. The van der Waals surface area contributed by atoms with E-state index in [4.69, 9.17) is 9.47 Å². The lowest BCUT2D eigenvalue weighted by Crippen LogP contribution is -2.43. The Morgan fingerprint density at radius 3 is 2.00 bits per heavy atom. The fourth-order valence-electron chi connectivity index (χ4n) is 2.24. The monoisotopic (exact) mass is 271 g/mol. The Balaban J connectivity index is 2.29. The third-order valence-corrected chi connectivity index (χ3v) is 2.83. The fraction of sp³-hybridized carbons (Fsp3) is 0.933. The second-order valence-electron chi connectivity index (χ2n) is 7.29. The van der Waals surface area contributed by atoms with E-state index in [1.165, 1.54) is 0 Å². The van der Waals surface area contributed by atoms with Crippen molar-refractivity contribution in [2.24, 2.45) is 0 Å². The number of rotatable bonds is 3. The van der Waals surface area contributed by atoms with Gasteiger partial charge in [-0.25, -0.2) is 0 Å². The summed E-state index contributed by atoms with van der Waals surface area (Å²) < 4.78 is 11.3. The van der Waals surface area contributed by atoms with Gasteiger partial charge in [0.15, 0.2) is 0 Å². The zero-order valence-electron chi connectivity index (χ0n) is 13.3. The number of esters is 1. The van der Waals surface area contributed by atoms with Crippen LogP contribution in [0.4, 0.5) is 0 Å². The summed E-state index contributed by atoms with van der Waals surface area (Å²) in [5.74, 6) is -0.136. The van der Waals surface area contributed by atoms with Gasteiger partial charge in [0.1, 0.15) is 5.60 Å². The van der Waals surface area contributed by atoms with Crippen molar-refractivity contribution in [3.8, 4) is 0 Å². The van der Waals surface area contributed by atoms with E-state index < -0.39 is 5.60 Å². The summed E-state index contributed by atoms with van der Waals surface area (Å²) >= 11 is 0. The SMILES string of the molecule is CC(C)(C)OC(=O)CN1CCC(OC(C)(C)C)CC1. The van der Waals surface area contributed by atoms with Gasteiger partial charge in [-0.1, -0.05) is 0 Å². The van der Waals surface area contributed by atoms with E-state index in [0.717, 1.165) is 25.9 Å². The van der Waals surface area contributed by atoms with Gasteiger partial charge in [-0.15, -0.1) is 0 Å². The minimum absolute atomic E-state index is 0.0853. The predicted octanol–water partition coefficient (Wildman–Crippen LogP) is 2.61. The molecule has 0 aromatic carbocycles. The van der Waals surface area contributed by atoms with Gasteiger partial charge in [-0.2, -0.15) is 0 Å². The number of hydrogen-bond acceptors (Lipinski definition) is 4. The molecule has 112 valence electrons. The molecule has 0 bridgehead atoms. The average Bonchev–Trinajstić information content (AvgIpc) is 2.15. The highest BCUT2D eigenvalue weighted by atomic mass is 16.6. The summed E-state index contributed by atoms with van der Waals surface area (Å²) in [6.45, 7) is 14.1. The van der Waals surface area contributed by atoms with Gasteiger partial charge in [0, 0.05) is 13.1 Å². The van der Waals surface area contributed by atoms with Crippen LogP contribution in [0.3, 0.4) is 0 Å². The lowest BCUT2D eigenvalue weighted by atomic mass is 10.1. The molecule has 0 radical (unpaired) electrons. The number of carbonyl (C=O) groups is 1. The molecule has 0 aromatic heterocycles. The quantitative estimate of drug-likeness (QED) is 0.740. The first-order valence-corrected chi connectivity index (χ1v) is 7.17. The van der Waals surface area contributed by atoms with Crippen molar-refractivity contribution in [2.75, 3.05) is 19.6 Å². The number of likely N-dealkylation sites (tertiary alicyclic amines) is 1. The smallest absolute Gasteiger partial charge is 0.320 e. The van der Waals surface area contributed by atoms with Crippen LogP contribution in [-0.4, -0.2) is 47.8 Å². The minimum atomic E-state index is -0.398. The first-order chi connectivity index (χ1) is 8.55. The van der Waals surface area contributed by atoms with Crippen molar-refractivity contribution >= 4 is 5.97 Å². The van der Waals surface area contributed by atoms with Gasteiger partial charge >= 0.3 is 5.97 Å². The summed E-state index contributed by atoms with van der Waals surface area (Å²) in [4.78, 5) is 13.9. The van der Waals surface area contributed by atoms with E-state index in [0.29, 0.717) is 12.6 Å². The summed E-state index contributed by atoms with van der Waals surface area (Å²) in [6.07, 6.45) is 2.29. The summed E-state index contributed by atoms with van der Waals surface area (Å²) in [5.41, 5.74) is -0.483. The number of hydrogen-bond donors (Lipinski definition) is 0. The molecule has 0 aliphatic carbocycles. The molecule has 1 saturated heterocycles.